The van der Waals surface area contributed by atoms with Crippen LogP contribution < -0.4 is 9.47 Å². The van der Waals surface area contributed by atoms with Crippen LogP contribution in [-0.4, -0.2) is 10.5 Å². The monoisotopic (exact) mass is 802 g/mol. The van der Waals surface area contributed by atoms with Crippen LogP contribution >= 0.6 is 15.6 Å². The van der Waals surface area contributed by atoms with Crippen LogP contribution in [0.2, 0.25) is 0 Å². The molecule has 0 unspecified atom stereocenters. The third kappa shape index (κ3) is 12.8. The molecule has 4 aromatic rings. The Morgan fingerprint density at radius 3 is 0.980 bits per heavy atom. The van der Waals surface area contributed by atoms with Crippen LogP contribution in [0.4, 0.5) is 50.4 Å². The van der Waals surface area contributed by atoms with E-state index in [1.165, 1.54) is 38.8 Å². The van der Waals surface area contributed by atoms with Crippen molar-refractivity contribution in [1.29, 1.82) is 0 Å². The van der Waals surface area contributed by atoms with Crippen LogP contribution in [0.25, 0.3) is 0 Å². The summed E-state index contributed by atoms with van der Waals surface area (Å²) >= 11 is 0. The van der Waals surface area contributed by atoms with Gasteiger partial charge in [-0.25, -0.2) is 0 Å². The molecule has 2 heterocycles. The molecule has 0 aliphatic carbocycles. The van der Waals surface area contributed by atoms with Crippen molar-refractivity contribution in [3.05, 3.63) is 97.1 Å². The van der Waals surface area contributed by atoms with Gasteiger partial charge in [0.15, 0.2) is 33.5 Å². The second-order valence-corrected chi connectivity index (χ2v) is 19.4. The molecule has 6 rings (SSSR count). The summed E-state index contributed by atoms with van der Waals surface area (Å²) in [5.41, 5.74) is 0. The maximum absolute atomic E-state index is 10.7. The summed E-state index contributed by atoms with van der Waals surface area (Å²) in [6.45, 7) is 4.70. The quantitative estimate of drug-likeness (QED) is 0.105. The molecule has 0 saturated carbocycles. The molecule has 4 aromatic carbocycles. The predicted molar refractivity (Wildman–Crippen MR) is 178 cm³/mol. The van der Waals surface area contributed by atoms with E-state index in [-0.39, 0.29) is 21.8 Å². The number of halogens is 12. The minimum absolute atomic E-state index is 0.0779. The Balaban J connectivity index is 0.000000340. The Morgan fingerprint density at radius 1 is 0.460 bits per heavy atom. The van der Waals surface area contributed by atoms with Gasteiger partial charge in [-0.15, -0.1) is 0 Å². The zero-order valence-corrected chi connectivity index (χ0v) is 29.7. The van der Waals surface area contributed by atoms with Gasteiger partial charge in [0.25, 0.3) is 0 Å². The number of hydrogen-bond acceptors (Lipinski definition) is 2. The first kappa shape index (κ1) is 40.0. The molecule has 18 heteroatoms. The number of benzene rings is 4. The van der Waals surface area contributed by atoms with Gasteiger partial charge in [0.2, 0.25) is 19.6 Å². The van der Waals surface area contributed by atoms with E-state index in [4.69, 9.17) is 9.47 Å². The van der Waals surface area contributed by atoms with Gasteiger partial charge in [0, 0.05) is 6.42 Å². The molecule has 0 bridgehead atoms. The van der Waals surface area contributed by atoms with Crippen LogP contribution in [0.1, 0.15) is 39.5 Å². The number of fused-ring (bicyclic) bond motifs is 4. The molecule has 0 spiro atoms. The van der Waals surface area contributed by atoms with Gasteiger partial charge in [-0.2, -0.15) is 0 Å². The van der Waals surface area contributed by atoms with Crippen LogP contribution in [0.15, 0.2) is 117 Å². The molecule has 2 atom stereocenters. The van der Waals surface area contributed by atoms with Gasteiger partial charge in [-0.05, 0) is 61.4 Å². The first-order valence-electron chi connectivity index (χ1n) is 15.0. The third-order valence-corrected chi connectivity index (χ3v) is 12.9. The zero-order valence-electron chi connectivity index (χ0n) is 26.3. The van der Waals surface area contributed by atoms with E-state index in [1.54, 1.807) is 0 Å². The molecule has 278 valence electrons. The molecule has 2 aliphatic rings. The Bertz CT molecular complexity index is 1680. The molecule has 0 aromatic heterocycles. The average Bonchev–Trinajstić information content (AvgIpc) is 2.98. The number of ether oxygens (including phenoxy) is 2. The summed E-state index contributed by atoms with van der Waals surface area (Å²) < 4.78 is 131. The van der Waals surface area contributed by atoms with Crippen molar-refractivity contribution in [1.82, 2.24) is 0 Å². The van der Waals surface area contributed by atoms with Crippen LogP contribution in [0.5, 0.6) is 23.0 Å². The Hall–Kier alpha value is -2.80. The van der Waals surface area contributed by atoms with Crippen LogP contribution in [0.3, 0.4) is 0 Å². The van der Waals surface area contributed by atoms with Gasteiger partial charge in [0.1, 0.15) is 0 Å². The topological polar surface area (TPSA) is 18.5 Å². The summed E-state index contributed by atoms with van der Waals surface area (Å²) in [6, 6.07) is 34.8. The summed E-state index contributed by atoms with van der Waals surface area (Å²) in [7, 11) is -21.5. The van der Waals surface area contributed by atoms with Crippen molar-refractivity contribution in [2.24, 2.45) is 0 Å². The molecule has 0 fully saturated rings. The van der Waals surface area contributed by atoms with Gasteiger partial charge >= 0.3 is 66.0 Å². The molecule has 0 N–H and O–H groups in total. The normalized spacial score (nSPS) is 18.0. The molecule has 0 saturated heterocycles. The average molecular weight is 803 g/mol. The SMILES string of the molecule is CCCC[C@@H]([C@H](CC)[S+]1c2ccccc2Oc2ccccc21)[S+]1c2ccccc2Oc2ccccc21.F[P-](F)(F)(F)(F)F.F[P-](F)(F)(F)(F)F. The first-order valence-corrected chi connectivity index (χ1v) is 21.6. The molecule has 2 nitrogen and oxygen atoms in total. The van der Waals surface area contributed by atoms with Gasteiger partial charge in [-0.3, -0.25) is 0 Å². The fourth-order valence-electron chi connectivity index (χ4n) is 5.43. The summed E-state index contributed by atoms with van der Waals surface area (Å²) in [4.78, 5) is 5.41. The minimum atomic E-state index is -10.7. The zero-order chi connectivity index (χ0) is 37.3. The fourth-order valence-corrected chi connectivity index (χ4v) is 11.8. The van der Waals surface area contributed by atoms with E-state index in [0.29, 0.717) is 10.5 Å². The van der Waals surface area contributed by atoms with E-state index in [1.807, 2.05) is 0 Å². The van der Waals surface area contributed by atoms with Gasteiger partial charge < -0.3 is 9.47 Å². The summed E-state index contributed by atoms with van der Waals surface area (Å²) in [5.74, 6) is 4.07. The van der Waals surface area contributed by atoms with Crippen molar-refractivity contribution in [2.45, 2.75) is 69.6 Å². The van der Waals surface area contributed by atoms with E-state index < -0.39 is 15.6 Å². The van der Waals surface area contributed by atoms with Crippen molar-refractivity contribution in [3.63, 3.8) is 0 Å². The van der Waals surface area contributed by atoms with Gasteiger partial charge in [-0.1, -0.05) is 68.8 Å². The molecule has 2 aliphatic heterocycles. The van der Waals surface area contributed by atoms with Crippen molar-refractivity contribution in [2.75, 3.05) is 0 Å². The number of hydrogen-bond donors (Lipinski definition) is 0. The van der Waals surface area contributed by atoms with Crippen molar-refractivity contribution >= 4 is 37.4 Å². The van der Waals surface area contributed by atoms with E-state index in [2.05, 4.69) is 111 Å². The molecule has 0 radical (unpaired) electrons. The first-order chi connectivity index (χ1) is 22.7. The second kappa shape index (κ2) is 13.0. The Kier molecular flexibility index (Phi) is 10.4. The molecule has 0 amide bonds. The van der Waals surface area contributed by atoms with E-state index in [9.17, 15) is 50.4 Å². The van der Waals surface area contributed by atoms with Crippen LogP contribution in [0, 0.1) is 0 Å². The molecular formula is C32H32F12O2P2S2. The van der Waals surface area contributed by atoms with Gasteiger partial charge in [0.05, 0.1) is 21.8 Å². The predicted octanol–water partition coefficient (Wildman–Crippen LogP) is 15.8. The fraction of sp³-hybridized carbons (Fsp3) is 0.250. The molecular weight excluding hydrogens is 770 g/mol. The second-order valence-electron chi connectivity index (χ2n) is 11.2. The standard InChI is InChI=1S/C32H32O2S2.2F6P/c1-3-5-18-32(36-30-21-12-8-16-25(30)34-26-17-9-13-22-31(26)36)27(4-2)35-28-19-10-6-14-23(28)33-24-15-7-11-20-29(24)35;2*1-7(2,3,4,5)6/h6-17,19-22,27,32H,3-5,18H2,1-2H3;;/q+2;2*-1/t27-,32-;;/m0../s1. The summed E-state index contributed by atoms with van der Waals surface area (Å²) in [6.07, 6.45) is 4.76. The van der Waals surface area contributed by atoms with E-state index >= 15 is 0 Å². The number of unbranched alkanes of at least 4 members (excludes halogenated alkanes) is 1. The third-order valence-electron chi connectivity index (χ3n) is 7.05. The number of rotatable bonds is 7. The Labute approximate surface area is 286 Å². The van der Waals surface area contributed by atoms with Crippen molar-refractivity contribution < 1.29 is 59.8 Å². The summed E-state index contributed by atoms with van der Waals surface area (Å²) in [5, 5.41) is 0.994. The number of para-hydroxylation sites is 4. The maximum atomic E-state index is 9.87. The van der Waals surface area contributed by atoms with Crippen LogP contribution in [-0.2, 0) is 21.8 Å². The molecule has 50 heavy (non-hydrogen) atoms. The Morgan fingerprint density at radius 2 is 0.720 bits per heavy atom. The van der Waals surface area contributed by atoms with Crippen molar-refractivity contribution in [3.8, 4) is 23.0 Å². The van der Waals surface area contributed by atoms with E-state index in [0.717, 1.165) is 29.4 Å².